The van der Waals surface area contributed by atoms with E-state index in [1.807, 2.05) is 52.8 Å². The van der Waals surface area contributed by atoms with Crippen molar-refractivity contribution < 1.29 is 23.6 Å². The van der Waals surface area contributed by atoms with Crippen LogP contribution in [-0.4, -0.2) is 38.5 Å². The number of nitrogens with one attached hydrogen (secondary N) is 1. The van der Waals surface area contributed by atoms with Gasteiger partial charge in [0.15, 0.2) is 0 Å². The number of hydrogen-bond donors (Lipinski definition) is 1. The van der Waals surface area contributed by atoms with Gasteiger partial charge < -0.3 is 24.1 Å². The first-order valence-corrected chi connectivity index (χ1v) is 10.1. The summed E-state index contributed by atoms with van der Waals surface area (Å²) in [6.45, 7) is 10.1. The van der Waals surface area contributed by atoms with Crippen molar-refractivity contribution in [1.82, 2.24) is 0 Å². The molecule has 0 aliphatic carbocycles. The van der Waals surface area contributed by atoms with E-state index in [0.717, 1.165) is 16.7 Å². The molecule has 0 atom stereocenters. The van der Waals surface area contributed by atoms with E-state index in [1.54, 1.807) is 6.07 Å². The average molecular weight is 432 g/mol. The molecular weight excluding hydrogens is 405 g/mol. The molecule has 1 aliphatic rings. The van der Waals surface area contributed by atoms with Gasteiger partial charge in [0.25, 0.3) is 0 Å². The van der Waals surface area contributed by atoms with Gasteiger partial charge in [0.05, 0.1) is 36.1 Å². The first-order valence-electron chi connectivity index (χ1n) is 9.68. The summed E-state index contributed by atoms with van der Waals surface area (Å²) < 4.78 is 22.5. The van der Waals surface area contributed by atoms with Crippen LogP contribution < -0.4 is 15.5 Å². The van der Waals surface area contributed by atoms with E-state index in [9.17, 15) is 4.79 Å². The minimum absolute atomic E-state index is 0.262. The van der Waals surface area contributed by atoms with Gasteiger partial charge in [0, 0.05) is 11.8 Å². The Balaban J connectivity index is 1.94. The zero-order valence-corrected chi connectivity index (χ0v) is 19.1. The molecule has 6 nitrogen and oxygen atoms in total. The van der Waals surface area contributed by atoms with Gasteiger partial charge >= 0.3 is 13.1 Å². The van der Waals surface area contributed by atoms with Crippen LogP contribution in [0, 0.1) is 6.92 Å². The fourth-order valence-electron chi connectivity index (χ4n) is 3.25. The van der Waals surface area contributed by atoms with Gasteiger partial charge in [-0.15, -0.1) is 0 Å². The van der Waals surface area contributed by atoms with Crippen molar-refractivity contribution in [3.05, 3.63) is 46.5 Å². The number of methoxy groups -OCH3 is 2. The van der Waals surface area contributed by atoms with Gasteiger partial charge in [-0.2, -0.15) is 0 Å². The normalized spacial score (nSPS) is 17.0. The number of rotatable bonds is 5. The molecule has 0 bridgehead atoms. The van der Waals surface area contributed by atoms with Crippen molar-refractivity contribution in [3.63, 3.8) is 0 Å². The third kappa shape index (κ3) is 4.02. The summed E-state index contributed by atoms with van der Waals surface area (Å²) >= 11 is 6.43. The lowest BCUT2D eigenvalue weighted by molar-refractivity contribution is 0.00578. The zero-order valence-electron chi connectivity index (χ0n) is 18.4. The van der Waals surface area contributed by atoms with Gasteiger partial charge in [-0.3, -0.25) is 0 Å². The maximum atomic E-state index is 12.0. The van der Waals surface area contributed by atoms with E-state index in [2.05, 4.69) is 5.32 Å². The molecule has 1 fully saturated rings. The highest BCUT2D eigenvalue weighted by molar-refractivity contribution is 6.62. The highest BCUT2D eigenvalue weighted by atomic mass is 35.5. The van der Waals surface area contributed by atoms with Gasteiger partial charge in [0.2, 0.25) is 0 Å². The summed E-state index contributed by atoms with van der Waals surface area (Å²) in [5.41, 5.74) is 2.78. The fraction of sp³-hybridized carbons (Fsp3) is 0.409. The number of carbonyl (C=O) groups excluding carboxylic acids is 1. The largest absolute Gasteiger partial charge is 0.496 e. The van der Waals surface area contributed by atoms with Crippen molar-refractivity contribution in [2.45, 2.75) is 45.8 Å². The Morgan fingerprint density at radius 3 is 2.27 bits per heavy atom. The Labute approximate surface area is 182 Å². The minimum atomic E-state index is -0.515. The second kappa shape index (κ2) is 8.14. The molecule has 0 aromatic heterocycles. The molecule has 1 heterocycles. The highest BCUT2D eigenvalue weighted by Crippen LogP contribution is 2.38. The van der Waals surface area contributed by atoms with Crippen molar-refractivity contribution >= 4 is 41.5 Å². The summed E-state index contributed by atoms with van der Waals surface area (Å²) in [7, 11) is 2.33. The lowest BCUT2D eigenvalue weighted by Gasteiger charge is -2.32. The summed E-state index contributed by atoms with van der Waals surface area (Å²) in [6.07, 6.45) is 0. The van der Waals surface area contributed by atoms with Crippen molar-refractivity contribution in [1.29, 1.82) is 0 Å². The molecule has 1 N–H and O–H groups in total. The first-order chi connectivity index (χ1) is 14.0. The van der Waals surface area contributed by atoms with Crippen molar-refractivity contribution in [2.75, 3.05) is 19.5 Å². The van der Waals surface area contributed by atoms with Crippen LogP contribution in [0.25, 0.3) is 0 Å². The Morgan fingerprint density at radius 2 is 1.70 bits per heavy atom. The number of halogens is 1. The Hall–Kier alpha value is -2.22. The predicted molar refractivity (Wildman–Crippen MR) is 120 cm³/mol. The number of benzene rings is 2. The molecular formula is C22H27BClNO5. The molecule has 2 aromatic rings. The zero-order chi connectivity index (χ0) is 22.3. The summed E-state index contributed by atoms with van der Waals surface area (Å²) in [4.78, 5) is 12.0. The third-order valence-corrected chi connectivity index (χ3v) is 6.16. The maximum Gasteiger partial charge on any atom is 0.495 e. The molecule has 160 valence electrons. The van der Waals surface area contributed by atoms with Crippen LogP contribution in [0.1, 0.15) is 43.6 Å². The molecule has 3 rings (SSSR count). The molecule has 0 spiro atoms. The van der Waals surface area contributed by atoms with Crippen LogP contribution in [0.15, 0.2) is 30.3 Å². The topological polar surface area (TPSA) is 66.0 Å². The lowest BCUT2D eigenvalue weighted by Crippen LogP contribution is -2.41. The van der Waals surface area contributed by atoms with E-state index in [4.69, 9.17) is 30.4 Å². The Morgan fingerprint density at radius 1 is 1.07 bits per heavy atom. The quantitative estimate of drug-likeness (QED) is 0.556. The average Bonchev–Trinajstić information content (AvgIpc) is 2.90. The van der Waals surface area contributed by atoms with Crippen LogP contribution in [0.3, 0.4) is 0 Å². The minimum Gasteiger partial charge on any atom is -0.496 e. The third-order valence-electron chi connectivity index (χ3n) is 5.85. The Bertz CT molecular complexity index is 960. The number of hydrogen-bond acceptors (Lipinski definition) is 6. The molecule has 0 amide bonds. The smallest absolute Gasteiger partial charge is 0.495 e. The van der Waals surface area contributed by atoms with Crippen LogP contribution in [-0.2, 0) is 14.0 Å². The van der Waals surface area contributed by atoms with Gasteiger partial charge in [-0.1, -0.05) is 23.7 Å². The summed E-state index contributed by atoms with van der Waals surface area (Å²) in [5, 5.41) is 3.70. The standard InChI is InChI=1S/C22H27BClNO5/c1-13-15(23-29-21(2,3)22(4,5)30-23)9-8-10-17(13)25-18-12-19(27-6)14(11-16(18)24)20(26)28-7/h8-12,25H,1-7H3. The molecule has 30 heavy (non-hydrogen) atoms. The molecule has 1 saturated heterocycles. The second-order valence-corrected chi connectivity index (χ2v) is 8.66. The molecule has 8 heteroatoms. The van der Waals surface area contributed by atoms with Crippen LogP contribution in [0.4, 0.5) is 11.4 Å². The molecule has 0 radical (unpaired) electrons. The molecule has 0 saturated carbocycles. The number of carbonyl (C=O) groups is 1. The van der Waals surface area contributed by atoms with Crippen LogP contribution in [0.2, 0.25) is 5.02 Å². The first kappa shape index (κ1) is 22.5. The summed E-state index contributed by atoms with van der Waals surface area (Å²) in [5.74, 6) is -0.146. The Kier molecular flexibility index (Phi) is 6.09. The number of ether oxygens (including phenoxy) is 2. The van der Waals surface area contributed by atoms with Crippen LogP contribution >= 0.6 is 11.6 Å². The molecule has 2 aromatic carbocycles. The van der Waals surface area contributed by atoms with Crippen molar-refractivity contribution in [2.24, 2.45) is 0 Å². The van der Waals surface area contributed by atoms with Gasteiger partial charge in [-0.05, 0) is 57.8 Å². The highest BCUT2D eigenvalue weighted by Gasteiger charge is 2.52. The second-order valence-electron chi connectivity index (χ2n) is 8.26. The monoisotopic (exact) mass is 431 g/mol. The molecule has 1 aliphatic heterocycles. The van der Waals surface area contributed by atoms with Gasteiger partial charge in [0.1, 0.15) is 11.3 Å². The van der Waals surface area contributed by atoms with Crippen molar-refractivity contribution in [3.8, 4) is 5.75 Å². The maximum absolute atomic E-state index is 12.0. The van der Waals surface area contributed by atoms with E-state index < -0.39 is 24.3 Å². The lowest BCUT2D eigenvalue weighted by atomic mass is 9.76. The summed E-state index contributed by atoms with van der Waals surface area (Å²) in [6, 6.07) is 9.08. The fourth-order valence-corrected chi connectivity index (χ4v) is 3.46. The van der Waals surface area contributed by atoms with Crippen LogP contribution in [0.5, 0.6) is 5.75 Å². The van der Waals surface area contributed by atoms with Gasteiger partial charge in [-0.25, -0.2) is 4.79 Å². The predicted octanol–water partition coefficient (Wildman–Crippen LogP) is 4.49. The van der Waals surface area contributed by atoms with E-state index in [1.165, 1.54) is 20.3 Å². The molecule has 0 unspecified atom stereocenters. The SMILES string of the molecule is COC(=O)c1cc(Cl)c(Nc2cccc(B3OC(C)(C)C(C)(C)O3)c2C)cc1OC. The number of anilines is 2. The number of esters is 1. The van der Waals surface area contributed by atoms with E-state index in [-0.39, 0.29) is 5.56 Å². The van der Waals surface area contributed by atoms with E-state index in [0.29, 0.717) is 16.5 Å². The van der Waals surface area contributed by atoms with E-state index >= 15 is 0 Å².